The van der Waals surface area contributed by atoms with Gasteiger partial charge in [-0.3, -0.25) is 9.78 Å². The first kappa shape index (κ1) is 22.6. The zero-order valence-corrected chi connectivity index (χ0v) is 19.7. The number of hydrogen-bond acceptors (Lipinski definition) is 5. The minimum Gasteiger partial charge on any atom is -0.408 e. The van der Waals surface area contributed by atoms with Crippen LogP contribution in [-0.4, -0.2) is 41.1 Å². The molecule has 1 aromatic carbocycles. The Kier molecular flexibility index (Phi) is 5.76. The van der Waals surface area contributed by atoms with Crippen molar-refractivity contribution in [3.63, 3.8) is 0 Å². The van der Waals surface area contributed by atoms with Gasteiger partial charge in [-0.15, -0.1) is 0 Å². The van der Waals surface area contributed by atoms with E-state index in [0.29, 0.717) is 46.1 Å². The molecule has 3 aromatic rings. The molecule has 2 aliphatic rings. The number of hydrogen-bond donors (Lipinski definition) is 3. The summed E-state index contributed by atoms with van der Waals surface area (Å²) in [6.07, 6.45) is 3.76. The van der Waals surface area contributed by atoms with Gasteiger partial charge in [0.2, 0.25) is 0 Å². The normalized spacial score (nSPS) is 18.1. The van der Waals surface area contributed by atoms with E-state index in [-0.39, 0.29) is 11.9 Å². The van der Waals surface area contributed by atoms with Crippen molar-refractivity contribution in [3.05, 3.63) is 70.6 Å². The molecule has 9 heteroatoms. The van der Waals surface area contributed by atoms with Crippen molar-refractivity contribution >= 4 is 35.0 Å². The number of benzene rings is 1. The molecular weight excluding hydrogens is 449 g/mol. The van der Waals surface area contributed by atoms with E-state index in [1.807, 2.05) is 25.3 Å². The van der Waals surface area contributed by atoms with Crippen molar-refractivity contribution in [2.75, 3.05) is 23.3 Å². The molecule has 0 radical (unpaired) electrons. The molecule has 1 saturated heterocycles. The van der Waals surface area contributed by atoms with Gasteiger partial charge in [0.25, 0.3) is 5.91 Å². The predicted molar refractivity (Wildman–Crippen MR) is 132 cm³/mol. The quantitative estimate of drug-likeness (QED) is 0.488. The first-order chi connectivity index (χ1) is 16.8. The smallest absolute Gasteiger partial charge is 0.408 e. The maximum Gasteiger partial charge on any atom is 0.412 e. The number of pyridine rings is 1. The Bertz CT molecular complexity index is 1350. The van der Waals surface area contributed by atoms with Crippen molar-refractivity contribution in [1.82, 2.24) is 15.3 Å². The highest BCUT2D eigenvalue weighted by Crippen LogP contribution is 2.35. The van der Waals surface area contributed by atoms with E-state index in [0.717, 1.165) is 24.3 Å². The molecule has 2 amide bonds. The predicted octanol–water partition coefficient (Wildman–Crippen LogP) is 4.33. The summed E-state index contributed by atoms with van der Waals surface area (Å²) in [5.74, 6) is -0.327. The highest BCUT2D eigenvalue weighted by molar-refractivity contribution is 6.34. The van der Waals surface area contributed by atoms with Gasteiger partial charge in [0.15, 0.2) is 5.75 Å². The van der Waals surface area contributed by atoms with Crippen LogP contribution in [0.3, 0.4) is 0 Å². The SMILES string of the molecule is Cc1ccc(N2CC[C@H](NC(=O)Oc3c(C)[nH]c(/C=C4\C(=O)Nc5ccc(F)cc54)c3C)C2)cn1. The van der Waals surface area contributed by atoms with E-state index in [1.165, 1.54) is 18.2 Å². The minimum atomic E-state index is -0.533. The number of aromatic amines is 1. The van der Waals surface area contributed by atoms with Crippen LogP contribution < -0.4 is 20.3 Å². The number of nitrogens with zero attached hydrogens (tertiary/aromatic N) is 2. The average molecular weight is 476 g/mol. The minimum absolute atomic E-state index is 0.0430. The van der Waals surface area contributed by atoms with Gasteiger partial charge in [0.1, 0.15) is 5.82 Å². The number of amides is 2. The molecule has 2 aliphatic heterocycles. The van der Waals surface area contributed by atoms with Crippen molar-refractivity contribution in [1.29, 1.82) is 0 Å². The first-order valence-corrected chi connectivity index (χ1v) is 11.5. The van der Waals surface area contributed by atoms with Crippen LogP contribution in [0.5, 0.6) is 5.75 Å². The maximum atomic E-state index is 13.8. The van der Waals surface area contributed by atoms with Crippen molar-refractivity contribution in [2.24, 2.45) is 0 Å². The summed E-state index contributed by atoms with van der Waals surface area (Å²) >= 11 is 0. The molecule has 0 unspecified atom stereocenters. The van der Waals surface area contributed by atoms with Gasteiger partial charge in [-0.05, 0) is 63.6 Å². The molecule has 2 aromatic heterocycles. The summed E-state index contributed by atoms with van der Waals surface area (Å²) in [4.78, 5) is 34.8. The lowest BCUT2D eigenvalue weighted by atomic mass is 10.0. The molecule has 0 aliphatic carbocycles. The lowest BCUT2D eigenvalue weighted by molar-refractivity contribution is -0.110. The third kappa shape index (κ3) is 4.49. The molecule has 3 N–H and O–H groups in total. The van der Waals surface area contributed by atoms with Gasteiger partial charge in [0.05, 0.1) is 29.2 Å². The second-order valence-electron chi connectivity index (χ2n) is 8.94. The van der Waals surface area contributed by atoms with E-state index < -0.39 is 11.9 Å². The van der Waals surface area contributed by atoms with Crippen molar-refractivity contribution < 1.29 is 18.7 Å². The number of nitrogens with one attached hydrogen (secondary N) is 3. The molecule has 0 saturated carbocycles. The number of carbonyl (C=O) groups excluding carboxylic acids is 2. The highest BCUT2D eigenvalue weighted by atomic mass is 19.1. The summed E-state index contributed by atoms with van der Waals surface area (Å²) in [5.41, 5.74) is 5.35. The molecule has 35 heavy (non-hydrogen) atoms. The van der Waals surface area contributed by atoms with E-state index >= 15 is 0 Å². The average Bonchev–Trinajstić information content (AvgIpc) is 3.48. The third-order valence-electron chi connectivity index (χ3n) is 6.43. The summed E-state index contributed by atoms with van der Waals surface area (Å²) in [6, 6.07) is 8.12. The topological polar surface area (TPSA) is 99.4 Å². The second kappa shape index (κ2) is 8.90. The Hall–Kier alpha value is -4.14. The van der Waals surface area contributed by atoms with Crippen LogP contribution in [0.1, 0.15) is 34.6 Å². The highest BCUT2D eigenvalue weighted by Gasteiger charge is 2.27. The molecule has 180 valence electrons. The summed E-state index contributed by atoms with van der Waals surface area (Å²) < 4.78 is 19.4. The van der Waals surface area contributed by atoms with E-state index in [9.17, 15) is 14.0 Å². The summed E-state index contributed by atoms with van der Waals surface area (Å²) in [6.45, 7) is 7.04. The Morgan fingerprint density at radius 1 is 1.26 bits per heavy atom. The van der Waals surface area contributed by atoms with Gasteiger partial charge in [-0.25, -0.2) is 9.18 Å². The van der Waals surface area contributed by atoms with Crippen molar-refractivity contribution in [3.8, 4) is 5.75 Å². The standard InChI is InChI=1S/C26H26FN5O3/c1-14-4-6-19(12-28-14)32-9-8-18(13-32)30-26(34)35-24-15(2)23(29-16(24)3)11-21-20-10-17(27)5-7-22(20)31-25(21)33/h4-7,10-12,18,29H,8-9,13H2,1-3H3,(H,30,34)(H,31,33)/b21-11-/t18-/m0/s1. The fourth-order valence-electron chi connectivity index (χ4n) is 4.55. The molecule has 1 fully saturated rings. The monoisotopic (exact) mass is 475 g/mol. The molecule has 0 spiro atoms. The molecule has 0 bridgehead atoms. The Balaban J connectivity index is 1.28. The fraction of sp³-hybridized carbons (Fsp3) is 0.269. The van der Waals surface area contributed by atoms with Gasteiger partial charge in [0, 0.05) is 41.3 Å². The van der Waals surface area contributed by atoms with Crippen LogP contribution in [0.25, 0.3) is 11.6 Å². The van der Waals surface area contributed by atoms with Gasteiger partial charge in [-0.1, -0.05) is 0 Å². The van der Waals surface area contributed by atoms with E-state index in [4.69, 9.17) is 4.74 Å². The third-order valence-corrected chi connectivity index (χ3v) is 6.43. The zero-order chi connectivity index (χ0) is 24.7. The second-order valence-corrected chi connectivity index (χ2v) is 8.94. The largest absolute Gasteiger partial charge is 0.412 e. The maximum absolute atomic E-state index is 13.8. The number of aryl methyl sites for hydroxylation is 2. The van der Waals surface area contributed by atoms with Crippen LogP contribution in [0.15, 0.2) is 36.5 Å². The lowest BCUT2D eigenvalue weighted by Gasteiger charge is -2.18. The number of rotatable bonds is 4. The fourth-order valence-corrected chi connectivity index (χ4v) is 4.55. The van der Waals surface area contributed by atoms with Gasteiger partial charge < -0.3 is 25.3 Å². The number of halogens is 1. The Morgan fingerprint density at radius 3 is 2.86 bits per heavy atom. The molecule has 8 nitrogen and oxygen atoms in total. The van der Waals surface area contributed by atoms with Crippen LogP contribution in [0.2, 0.25) is 0 Å². The van der Waals surface area contributed by atoms with Crippen LogP contribution in [-0.2, 0) is 4.79 Å². The van der Waals surface area contributed by atoms with E-state index in [1.54, 1.807) is 19.9 Å². The molecular formula is C26H26FN5O3. The van der Waals surface area contributed by atoms with Gasteiger partial charge in [-0.2, -0.15) is 0 Å². The number of anilines is 2. The van der Waals surface area contributed by atoms with Crippen LogP contribution >= 0.6 is 0 Å². The lowest BCUT2D eigenvalue weighted by Crippen LogP contribution is -2.38. The van der Waals surface area contributed by atoms with Gasteiger partial charge >= 0.3 is 6.09 Å². The number of carbonyl (C=O) groups is 2. The number of aromatic nitrogens is 2. The van der Waals surface area contributed by atoms with Crippen LogP contribution in [0.4, 0.5) is 20.6 Å². The Labute approximate surface area is 202 Å². The number of fused-ring (bicyclic) bond motifs is 1. The molecule has 5 rings (SSSR count). The van der Waals surface area contributed by atoms with E-state index in [2.05, 4.69) is 25.5 Å². The number of ether oxygens (including phenoxy) is 1. The number of H-pyrrole nitrogens is 1. The molecule has 1 atom stereocenters. The zero-order valence-electron chi connectivity index (χ0n) is 19.7. The van der Waals surface area contributed by atoms with Crippen molar-refractivity contribution in [2.45, 2.75) is 33.2 Å². The molecule has 4 heterocycles. The Morgan fingerprint density at radius 2 is 2.09 bits per heavy atom. The first-order valence-electron chi connectivity index (χ1n) is 11.5. The summed E-state index contributed by atoms with van der Waals surface area (Å²) in [7, 11) is 0. The summed E-state index contributed by atoms with van der Waals surface area (Å²) in [5, 5.41) is 5.68. The van der Waals surface area contributed by atoms with Crippen LogP contribution in [0, 0.1) is 26.6 Å².